The van der Waals surface area contributed by atoms with Crippen molar-refractivity contribution in [2.24, 2.45) is 5.41 Å². The molecule has 0 aliphatic carbocycles. The fraction of sp³-hybridized carbons (Fsp3) is 0.857. The molecule has 0 bridgehead atoms. The molecule has 0 aromatic carbocycles. The molecule has 0 aromatic heterocycles. The largest absolute Gasteiger partial charge is 0.480 e. The highest BCUT2D eigenvalue weighted by molar-refractivity contribution is 9.12. The standard InChI is InChI=1S/C7H12Br2O2/c1-7(2,3)5(9)4(8)6(10)11/h4-5H,1-3H3,(H,10,11). The van der Waals surface area contributed by atoms with Gasteiger partial charge in [0.1, 0.15) is 4.83 Å². The Labute approximate surface area is 83.6 Å². The maximum Gasteiger partial charge on any atom is 0.318 e. The second-order valence-electron chi connectivity index (χ2n) is 3.51. The van der Waals surface area contributed by atoms with Crippen LogP contribution in [-0.4, -0.2) is 20.7 Å². The van der Waals surface area contributed by atoms with Crippen molar-refractivity contribution < 1.29 is 9.90 Å². The normalized spacial score (nSPS) is 17.5. The SMILES string of the molecule is CC(C)(C)C(Br)C(Br)C(=O)O. The van der Waals surface area contributed by atoms with Crippen LogP contribution in [0.4, 0.5) is 0 Å². The summed E-state index contributed by atoms with van der Waals surface area (Å²) in [6.45, 7) is 5.97. The molecule has 1 N–H and O–H groups in total. The first-order valence-electron chi connectivity index (χ1n) is 3.27. The monoisotopic (exact) mass is 286 g/mol. The number of hydrogen-bond donors (Lipinski definition) is 1. The number of carbonyl (C=O) groups is 1. The number of alkyl halides is 2. The molecule has 0 aliphatic heterocycles. The minimum atomic E-state index is -0.832. The second kappa shape index (κ2) is 3.90. The molecule has 0 heterocycles. The fourth-order valence-electron chi connectivity index (χ4n) is 0.564. The molecule has 0 fully saturated rings. The van der Waals surface area contributed by atoms with E-state index in [0.717, 1.165) is 0 Å². The molecule has 0 saturated carbocycles. The fourth-order valence-corrected chi connectivity index (χ4v) is 1.58. The Balaban J connectivity index is 4.25. The van der Waals surface area contributed by atoms with Crippen molar-refractivity contribution in [3.63, 3.8) is 0 Å². The molecular formula is C7H12Br2O2. The van der Waals surface area contributed by atoms with Crippen molar-refractivity contribution in [3.8, 4) is 0 Å². The molecule has 0 rings (SSSR count). The number of aliphatic carboxylic acids is 1. The first kappa shape index (κ1) is 11.4. The molecule has 2 nitrogen and oxygen atoms in total. The molecule has 0 amide bonds. The van der Waals surface area contributed by atoms with Crippen LogP contribution in [0.3, 0.4) is 0 Å². The predicted molar refractivity (Wildman–Crippen MR) is 52.5 cm³/mol. The quantitative estimate of drug-likeness (QED) is 0.793. The number of halogens is 2. The zero-order chi connectivity index (χ0) is 9.23. The molecule has 0 aromatic rings. The first-order chi connectivity index (χ1) is 4.76. The van der Waals surface area contributed by atoms with Crippen LogP contribution in [0.25, 0.3) is 0 Å². The summed E-state index contributed by atoms with van der Waals surface area (Å²) in [6, 6.07) is 0. The van der Waals surface area contributed by atoms with Crippen LogP contribution in [0, 0.1) is 5.41 Å². The molecule has 2 unspecified atom stereocenters. The third-order valence-corrected chi connectivity index (χ3v) is 4.85. The van der Waals surface area contributed by atoms with Gasteiger partial charge in [-0.25, -0.2) is 0 Å². The van der Waals surface area contributed by atoms with Gasteiger partial charge in [0.25, 0.3) is 0 Å². The van der Waals surface area contributed by atoms with E-state index >= 15 is 0 Å². The van der Waals surface area contributed by atoms with Crippen molar-refractivity contribution in [2.45, 2.75) is 30.4 Å². The number of rotatable bonds is 2. The summed E-state index contributed by atoms with van der Waals surface area (Å²) in [5.74, 6) is -0.832. The molecule has 0 saturated heterocycles. The third kappa shape index (κ3) is 3.56. The molecule has 0 aliphatic rings. The van der Waals surface area contributed by atoms with Gasteiger partial charge in [-0.3, -0.25) is 4.79 Å². The predicted octanol–water partition coefficient (Wildman–Crippen LogP) is 2.64. The Kier molecular flexibility index (Phi) is 4.05. The van der Waals surface area contributed by atoms with E-state index in [1.165, 1.54) is 0 Å². The van der Waals surface area contributed by atoms with E-state index in [1.807, 2.05) is 20.8 Å². The average Bonchev–Trinajstić information content (AvgIpc) is 1.82. The van der Waals surface area contributed by atoms with Gasteiger partial charge >= 0.3 is 5.97 Å². The Morgan fingerprint density at radius 2 is 1.73 bits per heavy atom. The van der Waals surface area contributed by atoms with Gasteiger partial charge in [0.15, 0.2) is 0 Å². The summed E-state index contributed by atoms with van der Waals surface area (Å²) in [5, 5.41) is 8.64. The van der Waals surface area contributed by atoms with Gasteiger partial charge in [-0.1, -0.05) is 52.6 Å². The molecule has 66 valence electrons. The highest BCUT2D eigenvalue weighted by atomic mass is 79.9. The number of carboxylic acid groups (broad SMARTS) is 1. The molecule has 4 heteroatoms. The number of carboxylic acids is 1. The second-order valence-corrected chi connectivity index (χ2v) is 5.48. The average molecular weight is 288 g/mol. The Morgan fingerprint density at radius 1 is 1.36 bits per heavy atom. The van der Waals surface area contributed by atoms with Crippen LogP contribution in [0.2, 0.25) is 0 Å². The smallest absolute Gasteiger partial charge is 0.318 e. The van der Waals surface area contributed by atoms with E-state index in [4.69, 9.17) is 5.11 Å². The van der Waals surface area contributed by atoms with Gasteiger partial charge in [-0.05, 0) is 5.41 Å². The van der Waals surface area contributed by atoms with E-state index in [-0.39, 0.29) is 10.2 Å². The summed E-state index contributed by atoms with van der Waals surface area (Å²) in [7, 11) is 0. The van der Waals surface area contributed by atoms with Gasteiger partial charge in [0.05, 0.1) is 0 Å². The first-order valence-corrected chi connectivity index (χ1v) is 5.11. The van der Waals surface area contributed by atoms with Gasteiger partial charge in [0.2, 0.25) is 0 Å². The lowest BCUT2D eigenvalue weighted by Gasteiger charge is -2.27. The van der Waals surface area contributed by atoms with Gasteiger partial charge in [0, 0.05) is 4.83 Å². The lowest BCUT2D eigenvalue weighted by molar-refractivity contribution is -0.136. The van der Waals surface area contributed by atoms with Gasteiger partial charge in [-0.15, -0.1) is 0 Å². The van der Waals surface area contributed by atoms with Crippen LogP contribution in [-0.2, 0) is 4.79 Å². The van der Waals surface area contributed by atoms with Crippen molar-refractivity contribution in [2.75, 3.05) is 0 Å². The topological polar surface area (TPSA) is 37.3 Å². The molecule has 11 heavy (non-hydrogen) atoms. The molecule has 2 atom stereocenters. The summed E-state index contributed by atoms with van der Waals surface area (Å²) >= 11 is 6.43. The van der Waals surface area contributed by atoms with E-state index in [1.54, 1.807) is 0 Å². The lowest BCUT2D eigenvalue weighted by atomic mass is 9.90. The summed E-state index contributed by atoms with van der Waals surface area (Å²) in [4.78, 5) is 9.92. The molecular weight excluding hydrogens is 276 g/mol. The van der Waals surface area contributed by atoms with Crippen molar-refractivity contribution in [1.82, 2.24) is 0 Å². The highest BCUT2D eigenvalue weighted by Gasteiger charge is 2.32. The Bertz CT molecular complexity index is 151. The Morgan fingerprint density at radius 3 is 1.82 bits per heavy atom. The van der Waals surface area contributed by atoms with Crippen LogP contribution < -0.4 is 0 Å². The van der Waals surface area contributed by atoms with Crippen molar-refractivity contribution >= 4 is 37.8 Å². The third-order valence-electron chi connectivity index (χ3n) is 1.32. The van der Waals surface area contributed by atoms with Crippen LogP contribution in [0.1, 0.15) is 20.8 Å². The summed E-state index contributed by atoms with van der Waals surface area (Å²) < 4.78 is 0. The van der Waals surface area contributed by atoms with Crippen LogP contribution in [0.5, 0.6) is 0 Å². The van der Waals surface area contributed by atoms with Crippen LogP contribution in [0.15, 0.2) is 0 Å². The summed E-state index contributed by atoms with van der Waals surface area (Å²) in [6.07, 6.45) is 0. The number of hydrogen-bond acceptors (Lipinski definition) is 1. The van der Waals surface area contributed by atoms with Crippen molar-refractivity contribution in [1.29, 1.82) is 0 Å². The van der Waals surface area contributed by atoms with Crippen LogP contribution >= 0.6 is 31.9 Å². The van der Waals surface area contributed by atoms with E-state index < -0.39 is 10.8 Å². The maximum atomic E-state index is 10.5. The van der Waals surface area contributed by atoms with E-state index in [2.05, 4.69) is 31.9 Å². The molecule has 0 radical (unpaired) electrons. The minimum absolute atomic E-state index is 0.0491. The molecule has 0 spiro atoms. The highest BCUT2D eigenvalue weighted by Crippen LogP contribution is 2.32. The van der Waals surface area contributed by atoms with Crippen molar-refractivity contribution in [3.05, 3.63) is 0 Å². The Hall–Kier alpha value is 0.430. The van der Waals surface area contributed by atoms with Gasteiger partial charge < -0.3 is 5.11 Å². The zero-order valence-corrected chi connectivity index (χ0v) is 9.94. The summed E-state index contributed by atoms with van der Waals surface area (Å²) in [5.41, 5.74) is -0.0491. The van der Waals surface area contributed by atoms with E-state index in [0.29, 0.717) is 0 Å². The minimum Gasteiger partial charge on any atom is -0.480 e. The van der Waals surface area contributed by atoms with E-state index in [9.17, 15) is 4.79 Å². The zero-order valence-electron chi connectivity index (χ0n) is 6.77. The lowest BCUT2D eigenvalue weighted by Crippen LogP contribution is -2.34. The van der Waals surface area contributed by atoms with Gasteiger partial charge in [-0.2, -0.15) is 0 Å². The maximum absolute atomic E-state index is 10.5.